The molecule has 1 aliphatic rings. The Morgan fingerprint density at radius 3 is 2.32 bits per heavy atom. The molecule has 0 aromatic carbocycles. The van der Waals surface area contributed by atoms with Gasteiger partial charge in [0.05, 0.1) is 0 Å². The maximum atomic E-state index is 11.9. The summed E-state index contributed by atoms with van der Waals surface area (Å²) in [7, 11) is 0. The van der Waals surface area contributed by atoms with Gasteiger partial charge in [0.25, 0.3) is 0 Å². The average Bonchev–Trinajstić information content (AvgIpc) is 2.47. The van der Waals surface area contributed by atoms with Gasteiger partial charge in [0, 0.05) is 12.8 Å². The Bertz CT molecular complexity index is 351. The van der Waals surface area contributed by atoms with Crippen LogP contribution in [0.1, 0.15) is 79.1 Å². The van der Waals surface area contributed by atoms with E-state index in [0.29, 0.717) is 24.7 Å². The van der Waals surface area contributed by atoms with Gasteiger partial charge in [0.2, 0.25) is 0 Å². The van der Waals surface area contributed by atoms with E-state index in [1.54, 1.807) is 0 Å². The van der Waals surface area contributed by atoms with Crippen LogP contribution in [0.4, 0.5) is 0 Å². The SMILES string of the molecule is CCC1CCCCC1OC(=O)CCCC(=O)OC(C)C(C)C. The molecule has 0 aromatic rings. The van der Waals surface area contributed by atoms with E-state index < -0.39 is 0 Å². The van der Waals surface area contributed by atoms with Gasteiger partial charge in [-0.15, -0.1) is 0 Å². The monoisotopic (exact) mass is 312 g/mol. The normalized spacial score (nSPS) is 23.1. The van der Waals surface area contributed by atoms with E-state index >= 15 is 0 Å². The van der Waals surface area contributed by atoms with Crippen molar-refractivity contribution in [1.29, 1.82) is 0 Å². The summed E-state index contributed by atoms with van der Waals surface area (Å²) in [5, 5.41) is 0. The summed E-state index contributed by atoms with van der Waals surface area (Å²) in [6, 6.07) is 0. The molecule has 4 heteroatoms. The topological polar surface area (TPSA) is 52.6 Å². The summed E-state index contributed by atoms with van der Waals surface area (Å²) in [4.78, 5) is 23.6. The van der Waals surface area contributed by atoms with E-state index in [2.05, 4.69) is 6.92 Å². The number of carbonyl (C=O) groups excluding carboxylic acids is 2. The minimum atomic E-state index is -0.224. The van der Waals surface area contributed by atoms with E-state index in [9.17, 15) is 9.59 Å². The molecule has 3 atom stereocenters. The van der Waals surface area contributed by atoms with Crippen LogP contribution in [0.25, 0.3) is 0 Å². The second-order valence-corrected chi connectivity index (χ2v) is 6.77. The van der Waals surface area contributed by atoms with Crippen molar-refractivity contribution in [3.63, 3.8) is 0 Å². The van der Waals surface area contributed by atoms with E-state index in [-0.39, 0.29) is 30.6 Å². The van der Waals surface area contributed by atoms with Gasteiger partial charge in [-0.05, 0) is 50.9 Å². The Hall–Kier alpha value is -1.06. The first-order valence-corrected chi connectivity index (χ1v) is 8.83. The third-order valence-electron chi connectivity index (χ3n) is 4.66. The van der Waals surface area contributed by atoms with Crippen LogP contribution in [0.15, 0.2) is 0 Å². The molecule has 0 aromatic heterocycles. The fraction of sp³-hybridized carbons (Fsp3) is 0.889. The van der Waals surface area contributed by atoms with Crippen molar-refractivity contribution in [2.75, 3.05) is 0 Å². The first kappa shape index (κ1) is 19.0. The number of esters is 2. The summed E-state index contributed by atoms with van der Waals surface area (Å²) in [6.07, 6.45) is 6.70. The van der Waals surface area contributed by atoms with Crippen molar-refractivity contribution in [2.24, 2.45) is 11.8 Å². The summed E-state index contributed by atoms with van der Waals surface area (Å²) in [6.45, 7) is 8.08. The lowest BCUT2D eigenvalue weighted by molar-refractivity contribution is -0.154. The van der Waals surface area contributed by atoms with Crippen LogP contribution in [0.5, 0.6) is 0 Å². The molecule has 0 aliphatic heterocycles. The number of carbonyl (C=O) groups is 2. The molecule has 0 saturated heterocycles. The number of hydrogen-bond donors (Lipinski definition) is 0. The summed E-state index contributed by atoms with van der Waals surface area (Å²) in [5.74, 6) is 0.425. The lowest BCUT2D eigenvalue weighted by Gasteiger charge is -2.30. The number of ether oxygens (including phenoxy) is 2. The van der Waals surface area contributed by atoms with Crippen molar-refractivity contribution in [3.05, 3.63) is 0 Å². The highest BCUT2D eigenvalue weighted by Gasteiger charge is 2.26. The van der Waals surface area contributed by atoms with Crippen molar-refractivity contribution in [1.82, 2.24) is 0 Å². The van der Waals surface area contributed by atoms with E-state index in [1.165, 1.54) is 6.42 Å². The Morgan fingerprint density at radius 1 is 1.05 bits per heavy atom. The lowest BCUT2D eigenvalue weighted by Crippen LogP contribution is -2.29. The summed E-state index contributed by atoms with van der Waals surface area (Å²) in [5.41, 5.74) is 0. The molecule has 0 bridgehead atoms. The predicted molar refractivity (Wildman–Crippen MR) is 86.4 cm³/mol. The first-order chi connectivity index (χ1) is 10.4. The van der Waals surface area contributed by atoms with Crippen molar-refractivity contribution in [3.8, 4) is 0 Å². The molecular formula is C18H32O4. The maximum absolute atomic E-state index is 11.9. The number of rotatable bonds is 8. The minimum Gasteiger partial charge on any atom is -0.462 e. The second-order valence-electron chi connectivity index (χ2n) is 6.77. The quantitative estimate of drug-likeness (QED) is 0.628. The molecule has 0 radical (unpaired) electrons. The minimum absolute atomic E-state index is 0.0768. The third-order valence-corrected chi connectivity index (χ3v) is 4.66. The molecule has 3 unspecified atom stereocenters. The molecule has 128 valence electrons. The van der Waals surface area contributed by atoms with Crippen LogP contribution in [0.2, 0.25) is 0 Å². The highest BCUT2D eigenvalue weighted by Crippen LogP contribution is 2.29. The van der Waals surface area contributed by atoms with Gasteiger partial charge in [0.15, 0.2) is 0 Å². The zero-order valence-electron chi connectivity index (χ0n) is 14.6. The van der Waals surface area contributed by atoms with E-state index in [1.807, 2.05) is 20.8 Å². The summed E-state index contributed by atoms with van der Waals surface area (Å²) >= 11 is 0. The molecule has 1 fully saturated rings. The fourth-order valence-corrected chi connectivity index (χ4v) is 2.80. The van der Waals surface area contributed by atoms with Gasteiger partial charge < -0.3 is 9.47 Å². The van der Waals surface area contributed by atoms with Crippen molar-refractivity contribution in [2.45, 2.75) is 91.3 Å². The van der Waals surface area contributed by atoms with Crippen molar-refractivity contribution < 1.29 is 19.1 Å². The Morgan fingerprint density at radius 2 is 1.68 bits per heavy atom. The Balaban J connectivity index is 2.21. The molecule has 1 rings (SSSR count). The molecule has 22 heavy (non-hydrogen) atoms. The van der Waals surface area contributed by atoms with Crippen LogP contribution < -0.4 is 0 Å². The number of hydrogen-bond acceptors (Lipinski definition) is 4. The standard InChI is InChI=1S/C18H32O4/c1-5-15-9-6-7-10-16(15)22-18(20)12-8-11-17(19)21-14(4)13(2)3/h13-16H,5-12H2,1-4H3. The van der Waals surface area contributed by atoms with Crippen LogP contribution in [0, 0.1) is 11.8 Å². The zero-order valence-corrected chi connectivity index (χ0v) is 14.6. The largest absolute Gasteiger partial charge is 0.462 e. The molecule has 0 N–H and O–H groups in total. The molecule has 1 saturated carbocycles. The van der Waals surface area contributed by atoms with Gasteiger partial charge in [-0.1, -0.05) is 27.2 Å². The smallest absolute Gasteiger partial charge is 0.306 e. The Labute approximate surface area is 134 Å². The van der Waals surface area contributed by atoms with Gasteiger partial charge in [0.1, 0.15) is 12.2 Å². The maximum Gasteiger partial charge on any atom is 0.306 e. The van der Waals surface area contributed by atoms with Gasteiger partial charge in [-0.3, -0.25) is 9.59 Å². The molecule has 1 aliphatic carbocycles. The second kappa shape index (κ2) is 9.86. The van der Waals surface area contributed by atoms with Gasteiger partial charge in [-0.25, -0.2) is 0 Å². The van der Waals surface area contributed by atoms with Gasteiger partial charge in [-0.2, -0.15) is 0 Å². The van der Waals surface area contributed by atoms with Crippen LogP contribution in [-0.4, -0.2) is 24.1 Å². The highest BCUT2D eigenvalue weighted by atomic mass is 16.5. The van der Waals surface area contributed by atoms with E-state index in [4.69, 9.17) is 9.47 Å². The van der Waals surface area contributed by atoms with Crippen LogP contribution >= 0.6 is 0 Å². The third kappa shape index (κ3) is 6.80. The van der Waals surface area contributed by atoms with Gasteiger partial charge >= 0.3 is 11.9 Å². The predicted octanol–water partition coefficient (Wildman–Crippen LogP) is 4.26. The van der Waals surface area contributed by atoms with Crippen LogP contribution in [0.3, 0.4) is 0 Å². The summed E-state index contributed by atoms with van der Waals surface area (Å²) < 4.78 is 10.9. The fourth-order valence-electron chi connectivity index (χ4n) is 2.80. The molecular weight excluding hydrogens is 280 g/mol. The molecule has 0 heterocycles. The van der Waals surface area contributed by atoms with Crippen molar-refractivity contribution >= 4 is 11.9 Å². The zero-order chi connectivity index (χ0) is 16.5. The van der Waals surface area contributed by atoms with Crippen LogP contribution in [-0.2, 0) is 19.1 Å². The first-order valence-electron chi connectivity index (χ1n) is 8.83. The molecule has 0 amide bonds. The highest BCUT2D eigenvalue weighted by molar-refractivity contribution is 5.72. The molecule has 0 spiro atoms. The molecule has 4 nitrogen and oxygen atoms in total. The lowest BCUT2D eigenvalue weighted by atomic mass is 9.85. The average molecular weight is 312 g/mol. The Kier molecular flexibility index (Phi) is 8.51. The van der Waals surface area contributed by atoms with E-state index in [0.717, 1.165) is 25.7 Å².